The van der Waals surface area contributed by atoms with E-state index in [2.05, 4.69) is 0 Å². The molecule has 1 heterocycles. The Morgan fingerprint density at radius 1 is 0.885 bits per heavy atom. The van der Waals surface area contributed by atoms with Crippen LogP contribution in [0.25, 0.3) is 0 Å². The molecule has 0 spiro atoms. The molecule has 26 heavy (non-hydrogen) atoms. The highest BCUT2D eigenvalue weighted by Crippen LogP contribution is 2.38. The molecule has 0 N–H and O–H groups in total. The normalized spacial score (nSPS) is 14.2. The van der Waals surface area contributed by atoms with E-state index < -0.39 is 0 Å². The number of benzene rings is 1. The van der Waals surface area contributed by atoms with Crippen LogP contribution in [0.4, 0.5) is 0 Å². The van der Waals surface area contributed by atoms with Gasteiger partial charge >= 0.3 is 0 Å². The average Bonchev–Trinajstić information content (AvgIpc) is 2.70. The number of amides is 2. The van der Waals surface area contributed by atoms with E-state index in [9.17, 15) is 9.59 Å². The summed E-state index contributed by atoms with van der Waals surface area (Å²) in [5.41, 5.74) is 0.457. The quantitative estimate of drug-likeness (QED) is 0.717. The van der Waals surface area contributed by atoms with Gasteiger partial charge in [0.1, 0.15) is 0 Å². The maximum Gasteiger partial charge on any atom is 0.254 e. The lowest BCUT2D eigenvalue weighted by Crippen LogP contribution is -2.50. The van der Waals surface area contributed by atoms with Gasteiger partial charge in [-0.05, 0) is 12.1 Å². The fourth-order valence-electron chi connectivity index (χ4n) is 2.89. The molecule has 0 unspecified atom stereocenters. The zero-order chi connectivity index (χ0) is 19.1. The largest absolute Gasteiger partial charge is 0.493 e. The minimum atomic E-state index is -0.131. The van der Waals surface area contributed by atoms with Gasteiger partial charge < -0.3 is 28.7 Å². The lowest BCUT2D eigenvalue weighted by Gasteiger charge is -2.35. The van der Waals surface area contributed by atoms with Gasteiger partial charge in [0.15, 0.2) is 11.5 Å². The molecule has 1 aliphatic rings. The minimum Gasteiger partial charge on any atom is -0.493 e. The maximum absolute atomic E-state index is 12.8. The van der Waals surface area contributed by atoms with Gasteiger partial charge in [0, 0.05) is 38.9 Å². The van der Waals surface area contributed by atoms with Crippen molar-refractivity contribution in [1.29, 1.82) is 0 Å². The number of hydrogen-bond donors (Lipinski definition) is 0. The standard InChI is InChI=1S/C18H26N2O6/c1-23-10-5-16(21)19-6-8-20(9-7-19)18(22)13-11-14(24-2)17(26-4)15(12-13)25-3/h11-12H,5-10H2,1-4H3. The molecule has 1 aromatic carbocycles. The molecule has 0 atom stereocenters. The Morgan fingerprint density at radius 3 is 1.88 bits per heavy atom. The Hall–Kier alpha value is -2.48. The van der Waals surface area contributed by atoms with Crippen LogP contribution >= 0.6 is 0 Å². The van der Waals surface area contributed by atoms with Crippen molar-refractivity contribution in [2.45, 2.75) is 6.42 Å². The first-order chi connectivity index (χ1) is 12.5. The van der Waals surface area contributed by atoms with Crippen molar-refractivity contribution in [3.05, 3.63) is 17.7 Å². The van der Waals surface area contributed by atoms with Crippen LogP contribution in [-0.2, 0) is 9.53 Å². The van der Waals surface area contributed by atoms with Crippen LogP contribution in [0.3, 0.4) is 0 Å². The van der Waals surface area contributed by atoms with Crippen molar-refractivity contribution >= 4 is 11.8 Å². The van der Waals surface area contributed by atoms with Crippen LogP contribution in [0, 0.1) is 0 Å². The summed E-state index contributed by atoms with van der Waals surface area (Å²) in [6.07, 6.45) is 0.358. The summed E-state index contributed by atoms with van der Waals surface area (Å²) in [5, 5.41) is 0. The van der Waals surface area contributed by atoms with Gasteiger partial charge in [0.25, 0.3) is 5.91 Å². The van der Waals surface area contributed by atoms with E-state index in [0.29, 0.717) is 62.0 Å². The zero-order valence-corrected chi connectivity index (χ0v) is 15.7. The predicted octanol–water partition coefficient (Wildman–Crippen LogP) is 1.03. The van der Waals surface area contributed by atoms with Crippen LogP contribution < -0.4 is 14.2 Å². The molecule has 0 saturated carbocycles. The van der Waals surface area contributed by atoms with Crippen molar-refractivity contribution in [2.75, 3.05) is 61.2 Å². The van der Waals surface area contributed by atoms with Crippen molar-refractivity contribution in [1.82, 2.24) is 9.80 Å². The second kappa shape index (κ2) is 9.28. The molecule has 144 valence electrons. The first-order valence-electron chi connectivity index (χ1n) is 8.41. The fourth-order valence-corrected chi connectivity index (χ4v) is 2.89. The molecule has 1 saturated heterocycles. The first kappa shape index (κ1) is 19.8. The van der Waals surface area contributed by atoms with Gasteiger partial charge in [-0.2, -0.15) is 0 Å². The summed E-state index contributed by atoms with van der Waals surface area (Å²) in [6.45, 7) is 2.39. The summed E-state index contributed by atoms with van der Waals surface area (Å²) in [4.78, 5) is 28.4. The molecular formula is C18H26N2O6. The third kappa shape index (κ3) is 4.37. The molecule has 2 amide bonds. The first-order valence-corrected chi connectivity index (χ1v) is 8.41. The highest BCUT2D eigenvalue weighted by Gasteiger charge is 2.26. The molecule has 0 aromatic heterocycles. The number of carbonyl (C=O) groups excluding carboxylic acids is 2. The summed E-state index contributed by atoms with van der Waals surface area (Å²) < 4.78 is 20.8. The van der Waals surface area contributed by atoms with Gasteiger partial charge in [-0.15, -0.1) is 0 Å². The molecule has 8 nitrogen and oxygen atoms in total. The van der Waals surface area contributed by atoms with E-state index in [0.717, 1.165) is 0 Å². The zero-order valence-electron chi connectivity index (χ0n) is 15.7. The smallest absolute Gasteiger partial charge is 0.254 e. The van der Waals surface area contributed by atoms with E-state index in [4.69, 9.17) is 18.9 Å². The number of hydrogen-bond acceptors (Lipinski definition) is 6. The van der Waals surface area contributed by atoms with E-state index in [1.807, 2.05) is 0 Å². The minimum absolute atomic E-state index is 0.0479. The Labute approximate surface area is 153 Å². The number of ether oxygens (including phenoxy) is 4. The van der Waals surface area contributed by atoms with Crippen LogP contribution in [-0.4, -0.2) is 82.8 Å². The highest BCUT2D eigenvalue weighted by molar-refractivity contribution is 5.96. The van der Waals surface area contributed by atoms with Crippen molar-refractivity contribution in [2.24, 2.45) is 0 Å². The van der Waals surface area contributed by atoms with Gasteiger partial charge in [-0.25, -0.2) is 0 Å². The number of methoxy groups -OCH3 is 4. The molecule has 1 aromatic rings. The summed E-state index contributed by atoms with van der Waals surface area (Å²) in [6, 6.07) is 3.28. The Kier molecular flexibility index (Phi) is 7.08. The van der Waals surface area contributed by atoms with E-state index >= 15 is 0 Å². The average molecular weight is 366 g/mol. The van der Waals surface area contributed by atoms with Crippen molar-refractivity contribution in [3.63, 3.8) is 0 Å². The number of nitrogens with zero attached hydrogens (tertiary/aromatic N) is 2. The van der Waals surface area contributed by atoms with Crippen LogP contribution in [0.5, 0.6) is 17.2 Å². The second-order valence-electron chi connectivity index (χ2n) is 5.83. The number of carbonyl (C=O) groups is 2. The number of rotatable bonds is 7. The van der Waals surface area contributed by atoms with Gasteiger partial charge in [-0.3, -0.25) is 9.59 Å². The monoisotopic (exact) mass is 366 g/mol. The second-order valence-corrected chi connectivity index (χ2v) is 5.83. The molecule has 0 aliphatic carbocycles. The van der Waals surface area contributed by atoms with Gasteiger partial charge in [0.05, 0.1) is 34.4 Å². The highest BCUT2D eigenvalue weighted by atomic mass is 16.5. The molecule has 8 heteroatoms. The van der Waals surface area contributed by atoms with Crippen molar-refractivity contribution < 1.29 is 28.5 Å². The van der Waals surface area contributed by atoms with E-state index in [-0.39, 0.29) is 11.8 Å². The van der Waals surface area contributed by atoms with Crippen LogP contribution in [0.2, 0.25) is 0 Å². The Morgan fingerprint density at radius 2 is 1.42 bits per heavy atom. The third-order valence-corrected chi connectivity index (χ3v) is 4.35. The molecular weight excluding hydrogens is 340 g/mol. The van der Waals surface area contributed by atoms with Crippen LogP contribution in [0.15, 0.2) is 12.1 Å². The molecule has 2 rings (SSSR count). The van der Waals surface area contributed by atoms with E-state index in [1.165, 1.54) is 21.3 Å². The van der Waals surface area contributed by atoms with Crippen LogP contribution in [0.1, 0.15) is 16.8 Å². The van der Waals surface area contributed by atoms with Gasteiger partial charge in [0.2, 0.25) is 11.7 Å². The lowest BCUT2D eigenvalue weighted by molar-refractivity contribution is -0.133. The number of piperazine rings is 1. The maximum atomic E-state index is 12.8. The van der Waals surface area contributed by atoms with E-state index in [1.54, 1.807) is 29.0 Å². The molecule has 0 bridgehead atoms. The fraction of sp³-hybridized carbons (Fsp3) is 0.556. The summed E-state index contributed by atoms with van der Waals surface area (Å²) in [5.74, 6) is 1.23. The third-order valence-electron chi connectivity index (χ3n) is 4.35. The Bertz CT molecular complexity index is 616. The molecule has 1 aliphatic heterocycles. The van der Waals surface area contributed by atoms with Crippen molar-refractivity contribution in [3.8, 4) is 17.2 Å². The SMILES string of the molecule is COCCC(=O)N1CCN(C(=O)c2cc(OC)c(OC)c(OC)c2)CC1. The predicted molar refractivity (Wildman–Crippen MR) is 95.1 cm³/mol. The Balaban J connectivity index is 2.07. The molecule has 0 radical (unpaired) electrons. The topological polar surface area (TPSA) is 77.5 Å². The van der Waals surface area contributed by atoms with Gasteiger partial charge in [-0.1, -0.05) is 0 Å². The molecule has 1 fully saturated rings. The summed E-state index contributed by atoms with van der Waals surface area (Å²) in [7, 11) is 6.11. The summed E-state index contributed by atoms with van der Waals surface area (Å²) >= 11 is 0. The lowest BCUT2D eigenvalue weighted by atomic mass is 10.1.